The Hall–Kier alpha value is -1.16. The summed E-state index contributed by atoms with van der Waals surface area (Å²) in [5.74, 6) is 1.25. The topological polar surface area (TPSA) is 43.4 Å². The van der Waals surface area contributed by atoms with E-state index >= 15 is 0 Å². The van der Waals surface area contributed by atoms with Crippen LogP contribution in [0.25, 0.3) is 0 Å². The van der Waals surface area contributed by atoms with Gasteiger partial charge in [0, 0.05) is 22.1 Å². The summed E-state index contributed by atoms with van der Waals surface area (Å²) in [6, 6.07) is 6.92. The fourth-order valence-corrected chi connectivity index (χ4v) is 2.87. The Morgan fingerprint density at radius 3 is 2.44 bits per heavy atom. The fraction of sp³-hybridized carbons (Fsp3) is 0.500. The zero-order chi connectivity index (χ0) is 13.5. The maximum atomic E-state index is 12.1. The van der Waals surface area contributed by atoms with E-state index in [0.29, 0.717) is 17.1 Å². The first-order chi connectivity index (χ1) is 8.60. The second-order valence-electron chi connectivity index (χ2n) is 4.17. The number of rotatable bonds is 7. The van der Waals surface area contributed by atoms with Crippen LogP contribution >= 0.6 is 0 Å². The molecule has 0 saturated heterocycles. The molecule has 2 unspecified atom stereocenters. The molecule has 0 saturated carbocycles. The van der Waals surface area contributed by atoms with Crippen LogP contribution < -0.4 is 4.74 Å². The minimum Gasteiger partial charge on any atom is -0.497 e. The van der Waals surface area contributed by atoms with Gasteiger partial charge in [-0.25, -0.2) is 0 Å². The summed E-state index contributed by atoms with van der Waals surface area (Å²) in [6.45, 7) is 3.78. The van der Waals surface area contributed by atoms with Gasteiger partial charge in [-0.2, -0.15) is 0 Å². The summed E-state index contributed by atoms with van der Waals surface area (Å²) < 4.78 is 16.9. The summed E-state index contributed by atoms with van der Waals surface area (Å²) in [5.41, 5.74) is 0.591. The maximum Gasteiger partial charge on any atom is 0.178 e. The van der Waals surface area contributed by atoms with Crippen LogP contribution in [0, 0.1) is 0 Å². The number of hydrogen-bond acceptors (Lipinski definition) is 3. The van der Waals surface area contributed by atoms with Crippen molar-refractivity contribution in [2.45, 2.75) is 31.9 Å². The molecule has 0 amide bonds. The van der Waals surface area contributed by atoms with Crippen LogP contribution in [0.3, 0.4) is 0 Å². The molecule has 0 fully saturated rings. The largest absolute Gasteiger partial charge is 0.497 e. The normalized spacial score (nSPS) is 13.9. The maximum absolute atomic E-state index is 12.1. The number of methoxy groups -OCH3 is 1. The lowest BCUT2D eigenvalue weighted by Crippen LogP contribution is -2.24. The average Bonchev–Trinajstić information content (AvgIpc) is 2.43. The Labute approximate surface area is 111 Å². The molecule has 1 rings (SSSR count). The van der Waals surface area contributed by atoms with E-state index in [-0.39, 0.29) is 5.78 Å². The van der Waals surface area contributed by atoms with E-state index in [1.807, 2.05) is 6.92 Å². The van der Waals surface area contributed by atoms with E-state index in [4.69, 9.17) is 4.74 Å². The monoisotopic (exact) mass is 268 g/mol. The van der Waals surface area contributed by atoms with Crippen molar-refractivity contribution in [3.63, 3.8) is 0 Å². The molecule has 3 nitrogen and oxygen atoms in total. The average molecular weight is 268 g/mol. The summed E-state index contributed by atoms with van der Waals surface area (Å²) in [7, 11) is 0.499. The number of ether oxygens (including phenoxy) is 1. The quantitative estimate of drug-likeness (QED) is 0.714. The van der Waals surface area contributed by atoms with Gasteiger partial charge in [-0.3, -0.25) is 9.00 Å². The Bertz CT molecular complexity index is 412. The van der Waals surface area contributed by atoms with Crippen molar-refractivity contribution >= 4 is 16.6 Å². The van der Waals surface area contributed by atoms with Crippen molar-refractivity contribution in [1.82, 2.24) is 0 Å². The number of ketones is 1. The fourth-order valence-electron chi connectivity index (χ4n) is 1.57. The highest BCUT2D eigenvalue weighted by atomic mass is 32.2. The number of hydrogen-bond donors (Lipinski definition) is 0. The van der Waals surface area contributed by atoms with Crippen LogP contribution in [0.2, 0.25) is 0 Å². The number of unbranched alkanes of at least 4 members (excludes halogenated alkanes) is 1. The molecular weight excluding hydrogens is 248 g/mol. The number of carbonyl (C=O) groups excluding carboxylic acids is 1. The minimum absolute atomic E-state index is 0.0629. The smallest absolute Gasteiger partial charge is 0.178 e. The molecule has 0 N–H and O–H groups in total. The first-order valence-electron chi connectivity index (χ1n) is 6.15. The van der Waals surface area contributed by atoms with E-state index in [1.165, 1.54) is 0 Å². The Kier molecular flexibility index (Phi) is 6.05. The molecule has 4 heteroatoms. The van der Waals surface area contributed by atoms with E-state index in [9.17, 15) is 9.00 Å². The molecule has 0 aliphatic rings. The van der Waals surface area contributed by atoms with E-state index in [0.717, 1.165) is 12.8 Å². The minimum atomic E-state index is -1.08. The van der Waals surface area contributed by atoms with Crippen LogP contribution in [0.1, 0.15) is 37.0 Å². The van der Waals surface area contributed by atoms with Crippen LogP contribution in [-0.4, -0.2) is 28.1 Å². The Morgan fingerprint density at radius 1 is 1.33 bits per heavy atom. The molecule has 2 atom stereocenters. The van der Waals surface area contributed by atoms with Crippen LogP contribution in [0.5, 0.6) is 5.75 Å². The molecule has 1 aromatic carbocycles. The van der Waals surface area contributed by atoms with Gasteiger partial charge in [0.25, 0.3) is 0 Å². The van der Waals surface area contributed by atoms with Crippen molar-refractivity contribution in [2.24, 2.45) is 0 Å². The van der Waals surface area contributed by atoms with Crippen LogP contribution in [0.4, 0.5) is 0 Å². The molecule has 18 heavy (non-hydrogen) atoms. The third kappa shape index (κ3) is 3.95. The standard InChI is InChI=1S/C14H20O3S/c1-4-5-10-18(16)11(2)14(15)12-6-8-13(17-3)9-7-12/h6-9,11H,4-5,10H2,1-3H3. The Balaban J connectivity index is 2.70. The summed E-state index contributed by atoms with van der Waals surface area (Å²) in [6.07, 6.45) is 1.89. The highest BCUT2D eigenvalue weighted by Gasteiger charge is 2.20. The first kappa shape index (κ1) is 14.9. The van der Waals surface area contributed by atoms with Gasteiger partial charge in [0.15, 0.2) is 5.78 Å². The molecule has 0 radical (unpaired) electrons. The third-order valence-electron chi connectivity index (χ3n) is 2.84. The number of carbonyl (C=O) groups is 1. The Morgan fingerprint density at radius 2 is 1.94 bits per heavy atom. The summed E-state index contributed by atoms with van der Waals surface area (Å²) >= 11 is 0. The van der Waals surface area contributed by atoms with Crippen molar-refractivity contribution < 1.29 is 13.7 Å². The highest BCUT2D eigenvalue weighted by Crippen LogP contribution is 2.14. The second-order valence-corrected chi connectivity index (χ2v) is 6.05. The highest BCUT2D eigenvalue weighted by molar-refractivity contribution is 7.86. The van der Waals surface area contributed by atoms with Crippen molar-refractivity contribution in [3.05, 3.63) is 29.8 Å². The molecule has 100 valence electrons. The van der Waals surface area contributed by atoms with Crippen LogP contribution in [0.15, 0.2) is 24.3 Å². The lowest BCUT2D eigenvalue weighted by Gasteiger charge is -2.10. The molecule has 0 aromatic heterocycles. The molecule has 0 aliphatic carbocycles. The third-order valence-corrected chi connectivity index (χ3v) is 4.53. The summed E-state index contributed by atoms with van der Waals surface area (Å²) in [4.78, 5) is 12.1. The number of Topliss-reactive ketones (excluding diaryl/α,β-unsaturated/α-hetero) is 1. The second kappa shape index (κ2) is 7.31. The lowest BCUT2D eigenvalue weighted by atomic mass is 10.1. The van der Waals surface area contributed by atoms with Crippen molar-refractivity contribution in [2.75, 3.05) is 12.9 Å². The van der Waals surface area contributed by atoms with Gasteiger partial charge in [0.1, 0.15) is 5.75 Å². The molecule has 0 aliphatic heterocycles. The SMILES string of the molecule is CCCCS(=O)C(C)C(=O)c1ccc(OC)cc1. The predicted molar refractivity (Wildman–Crippen MR) is 74.7 cm³/mol. The van der Waals surface area contributed by atoms with Gasteiger partial charge in [-0.1, -0.05) is 13.3 Å². The predicted octanol–water partition coefficient (Wildman–Crippen LogP) is 2.82. The van der Waals surface area contributed by atoms with Gasteiger partial charge in [-0.05, 0) is 37.6 Å². The van der Waals surface area contributed by atoms with E-state index in [2.05, 4.69) is 0 Å². The van der Waals surface area contributed by atoms with E-state index in [1.54, 1.807) is 38.3 Å². The van der Waals surface area contributed by atoms with Gasteiger partial charge in [-0.15, -0.1) is 0 Å². The summed E-state index contributed by atoms with van der Waals surface area (Å²) in [5, 5.41) is -0.440. The van der Waals surface area contributed by atoms with Crippen LogP contribution in [-0.2, 0) is 10.8 Å². The van der Waals surface area contributed by atoms with Crippen molar-refractivity contribution in [1.29, 1.82) is 0 Å². The van der Waals surface area contributed by atoms with Gasteiger partial charge < -0.3 is 4.74 Å². The molecule has 0 spiro atoms. The molecular formula is C14H20O3S. The zero-order valence-corrected chi connectivity index (χ0v) is 12.0. The van der Waals surface area contributed by atoms with Gasteiger partial charge >= 0.3 is 0 Å². The lowest BCUT2D eigenvalue weighted by molar-refractivity contribution is 0.0992. The number of benzene rings is 1. The van der Waals surface area contributed by atoms with E-state index < -0.39 is 16.0 Å². The zero-order valence-electron chi connectivity index (χ0n) is 11.1. The molecule has 0 bridgehead atoms. The first-order valence-corrected chi connectivity index (χ1v) is 7.53. The van der Waals surface area contributed by atoms with Gasteiger partial charge in [0.2, 0.25) is 0 Å². The van der Waals surface area contributed by atoms with Gasteiger partial charge in [0.05, 0.1) is 12.4 Å². The molecule has 1 aromatic rings. The van der Waals surface area contributed by atoms with Crippen molar-refractivity contribution in [3.8, 4) is 5.75 Å². The molecule has 0 heterocycles.